The smallest absolute Gasteiger partial charge is 0.342 e. The van der Waals surface area contributed by atoms with Crippen molar-refractivity contribution >= 4 is 11.9 Å². The summed E-state index contributed by atoms with van der Waals surface area (Å²) in [6.45, 7) is 2.87. The van der Waals surface area contributed by atoms with E-state index in [1.165, 1.54) is 6.08 Å². The van der Waals surface area contributed by atoms with Crippen molar-refractivity contribution in [3.8, 4) is 0 Å². The standard InChI is InChI=1S/C9H14O7/c1-2-5-15-16-9(13)4-3-8(12)14-6-7(10)11/h2,7,10-11H,1,3-6H2. The van der Waals surface area contributed by atoms with E-state index in [9.17, 15) is 9.59 Å². The highest BCUT2D eigenvalue weighted by molar-refractivity contribution is 5.77. The summed E-state index contributed by atoms with van der Waals surface area (Å²) >= 11 is 0. The SMILES string of the molecule is C=CCOOC(=O)CCC(=O)OCC(O)O. The molecular weight excluding hydrogens is 220 g/mol. The van der Waals surface area contributed by atoms with Crippen molar-refractivity contribution in [3.63, 3.8) is 0 Å². The Morgan fingerprint density at radius 1 is 1.25 bits per heavy atom. The first kappa shape index (κ1) is 14.6. The number of esters is 1. The largest absolute Gasteiger partial charge is 0.460 e. The van der Waals surface area contributed by atoms with Crippen LogP contribution >= 0.6 is 0 Å². The zero-order valence-corrected chi connectivity index (χ0v) is 8.63. The van der Waals surface area contributed by atoms with Gasteiger partial charge < -0.3 is 14.9 Å². The van der Waals surface area contributed by atoms with E-state index in [0.29, 0.717) is 0 Å². The molecule has 0 rings (SSSR count). The number of carbonyl (C=O) groups excluding carboxylic acids is 2. The Bertz CT molecular complexity index is 236. The van der Waals surface area contributed by atoms with Crippen molar-refractivity contribution in [2.45, 2.75) is 19.1 Å². The van der Waals surface area contributed by atoms with Crippen molar-refractivity contribution in [2.24, 2.45) is 0 Å². The normalized spacial score (nSPS) is 9.94. The summed E-state index contributed by atoms with van der Waals surface area (Å²) in [7, 11) is 0. The summed E-state index contributed by atoms with van der Waals surface area (Å²) in [5.41, 5.74) is 0. The maximum absolute atomic E-state index is 10.9. The van der Waals surface area contributed by atoms with Crippen LogP contribution in [-0.4, -0.2) is 41.7 Å². The molecule has 0 bridgehead atoms. The number of carbonyl (C=O) groups is 2. The van der Waals surface area contributed by atoms with Gasteiger partial charge in [-0.3, -0.25) is 9.68 Å². The molecule has 0 aliphatic carbocycles. The molecule has 7 nitrogen and oxygen atoms in total. The Balaban J connectivity index is 3.51. The summed E-state index contributed by atoms with van der Waals surface area (Å²) < 4.78 is 4.38. The van der Waals surface area contributed by atoms with Crippen LogP contribution < -0.4 is 0 Å². The summed E-state index contributed by atoms with van der Waals surface area (Å²) in [6, 6.07) is 0. The van der Waals surface area contributed by atoms with Gasteiger partial charge in [0.2, 0.25) is 0 Å². The van der Waals surface area contributed by atoms with Gasteiger partial charge in [-0.2, -0.15) is 4.89 Å². The van der Waals surface area contributed by atoms with Gasteiger partial charge in [-0.15, -0.1) is 6.58 Å². The zero-order chi connectivity index (χ0) is 12.4. The highest BCUT2D eigenvalue weighted by Crippen LogP contribution is 1.97. The van der Waals surface area contributed by atoms with Gasteiger partial charge in [0.1, 0.15) is 13.2 Å². The molecule has 0 unspecified atom stereocenters. The lowest BCUT2D eigenvalue weighted by Gasteiger charge is -2.05. The Hall–Kier alpha value is -1.44. The first-order chi connectivity index (χ1) is 7.56. The molecular formula is C9H14O7. The molecule has 16 heavy (non-hydrogen) atoms. The summed E-state index contributed by atoms with van der Waals surface area (Å²) in [5, 5.41) is 16.8. The average Bonchev–Trinajstić information content (AvgIpc) is 2.24. The third-order valence-corrected chi connectivity index (χ3v) is 1.26. The first-order valence-electron chi connectivity index (χ1n) is 4.51. The van der Waals surface area contributed by atoms with Crippen LogP contribution in [-0.2, 0) is 24.1 Å². The molecule has 0 aromatic rings. The Morgan fingerprint density at radius 2 is 1.88 bits per heavy atom. The maximum atomic E-state index is 10.9. The van der Waals surface area contributed by atoms with E-state index in [4.69, 9.17) is 10.2 Å². The Kier molecular flexibility index (Phi) is 8.04. The molecule has 0 amide bonds. The summed E-state index contributed by atoms with van der Waals surface area (Å²) in [5.74, 6) is -1.45. The van der Waals surface area contributed by atoms with Gasteiger partial charge in [0.25, 0.3) is 0 Å². The molecule has 0 saturated heterocycles. The third-order valence-electron chi connectivity index (χ3n) is 1.26. The van der Waals surface area contributed by atoms with E-state index in [0.717, 1.165) is 0 Å². The van der Waals surface area contributed by atoms with E-state index in [1.54, 1.807) is 0 Å². The van der Waals surface area contributed by atoms with Gasteiger partial charge in [0.05, 0.1) is 12.8 Å². The summed E-state index contributed by atoms with van der Waals surface area (Å²) in [6.07, 6.45) is -0.753. The molecule has 0 radical (unpaired) electrons. The highest BCUT2D eigenvalue weighted by Gasteiger charge is 2.10. The number of ether oxygens (including phenoxy) is 1. The van der Waals surface area contributed by atoms with Crippen LogP contribution in [0.3, 0.4) is 0 Å². The lowest BCUT2D eigenvalue weighted by Crippen LogP contribution is -2.18. The fraction of sp³-hybridized carbons (Fsp3) is 0.556. The van der Waals surface area contributed by atoms with Crippen LogP contribution in [0.1, 0.15) is 12.8 Å². The second-order valence-corrected chi connectivity index (χ2v) is 2.69. The molecule has 0 fully saturated rings. The van der Waals surface area contributed by atoms with Gasteiger partial charge in [0, 0.05) is 0 Å². The molecule has 2 N–H and O–H groups in total. The van der Waals surface area contributed by atoms with E-state index in [1.807, 2.05) is 0 Å². The van der Waals surface area contributed by atoms with Crippen molar-refractivity contribution in [3.05, 3.63) is 12.7 Å². The van der Waals surface area contributed by atoms with Crippen LogP contribution in [0.5, 0.6) is 0 Å². The maximum Gasteiger partial charge on any atom is 0.342 e. The van der Waals surface area contributed by atoms with Gasteiger partial charge in [0.15, 0.2) is 6.29 Å². The van der Waals surface area contributed by atoms with Gasteiger partial charge >= 0.3 is 11.9 Å². The predicted octanol–water partition coefficient (Wildman–Crippen LogP) is -0.719. The molecule has 0 aliphatic rings. The monoisotopic (exact) mass is 234 g/mol. The fourth-order valence-electron chi connectivity index (χ4n) is 0.633. The molecule has 0 aromatic carbocycles. The van der Waals surface area contributed by atoms with E-state index in [2.05, 4.69) is 21.1 Å². The number of aliphatic hydroxyl groups is 2. The van der Waals surface area contributed by atoms with Crippen LogP contribution in [0.4, 0.5) is 0 Å². The van der Waals surface area contributed by atoms with E-state index < -0.39 is 24.8 Å². The number of rotatable bonds is 8. The van der Waals surface area contributed by atoms with Gasteiger partial charge in [-0.25, -0.2) is 4.79 Å². The topological polar surface area (TPSA) is 102 Å². The molecule has 0 saturated carbocycles. The van der Waals surface area contributed by atoms with Crippen LogP contribution in [0.25, 0.3) is 0 Å². The van der Waals surface area contributed by atoms with Crippen LogP contribution in [0.15, 0.2) is 12.7 Å². The van der Waals surface area contributed by atoms with Crippen LogP contribution in [0, 0.1) is 0 Å². The van der Waals surface area contributed by atoms with Crippen molar-refractivity contribution < 1.29 is 34.3 Å². The average molecular weight is 234 g/mol. The molecule has 0 aromatic heterocycles. The molecule has 92 valence electrons. The third kappa shape index (κ3) is 9.13. The summed E-state index contributed by atoms with van der Waals surface area (Å²) in [4.78, 5) is 30.4. The molecule has 0 spiro atoms. The molecule has 0 heterocycles. The Labute approximate surface area is 92.2 Å². The van der Waals surface area contributed by atoms with Crippen molar-refractivity contribution in [1.82, 2.24) is 0 Å². The van der Waals surface area contributed by atoms with Crippen molar-refractivity contribution in [2.75, 3.05) is 13.2 Å². The van der Waals surface area contributed by atoms with E-state index >= 15 is 0 Å². The minimum atomic E-state index is -1.72. The fourth-order valence-corrected chi connectivity index (χ4v) is 0.633. The second kappa shape index (κ2) is 8.84. The zero-order valence-electron chi connectivity index (χ0n) is 8.63. The highest BCUT2D eigenvalue weighted by atomic mass is 17.2. The minimum absolute atomic E-state index is 0.0624. The first-order valence-corrected chi connectivity index (χ1v) is 4.51. The van der Waals surface area contributed by atoms with E-state index in [-0.39, 0.29) is 19.4 Å². The lowest BCUT2D eigenvalue weighted by molar-refractivity contribution is -0.265. The van der Waals surface area contributed by atoms with Crippen molar-refractivity contribution in [1.29, 1.82) is 0 Å². The minimum Gasteiger partial charge on any atom is -0.460 e. The number of hydrogen-bond donors (Lipinski definition) is 2. The molecule has 0 atom stereocenters. The van der Waals surface area contributed by atoms with Crippen LogP contribution in [0.2, 0.25) is 0 Å². The van der Waals surface area contributed by atoms with Gasteiger partial charge in [-0.1, -0.05) is 6.08 Å². The predicted molar refractivity (Wildman–Crippen MR) is 50.7 cm³/mol. The number of aliphatic hydroxyl groups excluding tert-OH is 1. The molecule has 7 heteroatoms. The lowest BCUT2D eigenvalue weighted by atomic mass is 10.3. The quantitative estimate of drug-likeness (QED) is 0.143. The number of hydrogen-bond acceptors (Lipinski definition) is 7. The molecule has 0 aliphatic heterocycles. The second-order valence-electron chi connectivity index (χ2n) is 2.69. The Morgan fingerprint density at radius 3 is 2.44 bits per heavy atom. The van der Waals surface area contributed by atoms with Gasteiger partial charge in [-0.05, 0) is 0 Å².